The van der Waals surface area contributed by atoms with Gasteiger partial charge in [0.05, 0.1) is 17.1 Å². The number of carboxylic acid groups (broad SMARTS) is 1. The summed E-state index contributed by atoms with van der Waals surface area (Å²) in [7, 11) is 0. The Balaban J connectivity index is 1.71. The molecule has 1 aromatic heterocycles. The highest BCUT2D eigenvalue weighted by Gasteiger charge is 2.33. The van der Waals surface area contributed by atoms with Crippen LogP contribution in [-0.4, -0.2) is 34.3 Å². The zero-order chi connectivity index (χ0) is 28.2. The van der Waals surface area contributed by atoms with Crippen molar-refractivity contribution in [2.45, 2.75) is 25.4 Å². The standard InChI is InChI=1S/C28H20Cl2F3NO4S/c29-19-8-11-22(23(30)15-19)26(35)34(24(27(36)37)14-17-4-2-1-3-5-17)16-25-21(12-13-39-25)18-6-9-20(10-7-18)38-28(31,32)33/h1-13,15,24H,14,16H2,(H,36,37). The molecule has 1 unspecified atom stereocenters. The lowest BCUT2D eigenvalue weighted by Gasteiger charge is -2.30. The van der Waals surface area contributed by atoms with Crippen LogP contribution in [0.5, 0.6) is 5.75 Å². The molecule has 0 saturated heterocycles. The Morgan fingerprint density at radius 3 is 2.28 bits per heavy atom. The number of carboxylic acids is 1. The van der Waals surface area contributed by atoms with Crippen molar-refractivity contribution in [3.63, 3.8) is 0 Å². The van der Waals surface area contributed by atoms with Crippen molar-refractivity contribution in [2.75, 3.05) is 0 Å². The quantitative estimate of drug-likeness (QED) is 0.214. The smallest absolute Gasteiger partial charge is 0.480 e. The molecule has 3 aromatic carbocycles. The number of carbonyl (C=O) groups is 2. The lowest BCUT2D eigenvalue weighted by atomic mass is 10.0. The van der Waals surface area contributed by atoms with Crippen LogP contribution < -0.4 is 4.74 Å². The van der Waals surface area contributed by atoms with Gasteiger partial charge in [0.2, 0.25) is 0 Å². The number of hydrogen-bond acceptors (Lipinski definition) is 4. The van der Waals surface area contributed by atoms with Gasteiger partial charge in [-0.2, -0.15) is 0 Å². The molecule has 0 spiro atoms. The molecular weight excluding hydrogens is 574 g/mol. The molecule has 0 radical (unpaired) electrons. The molecule has 4 rings (SSSR count). The number of thiophene rings is 1. The van der Waals surface area contributed by atoms with E-state index in [1.807, 2.05) is 0 Å². The first kappa shape index (κ1) is 28.5. The van der Waals surface area contributed by atoms with Gasteiger partial charge in [-0.3, -0.25) is 4.79 Å². The number of nitrogens with zero attached hydrogens (tertiary/aromatic N) is 1. The SMILES string of the molecule is O=C(O)C(Cc1ccccc1)N(Cc1sccc1-c1ccc(OC(F)(F)F)cc1)C(=O)c1ccc(Cl)cc1Cl. The summed E-state index contributed by atoms with van der Waals surface area (Å²) in [6.07, 6.45) is -4.78. The van der Waals surface area contributed by atoms with Gasteiger partial charge in [-0.1, -0.05) is 65.7 Å². The summed E-state index contributed by atoms with van der Waals surface area (Å²) >= 11 is 13.6. The van der Waals surface area contributed by atoms with Gasteiger partial charge >= 0.3 is 12.3 Å². The maximum atomic E-state index is 13.8. The van der Waals surface area contributed by atoms with Crippen molar-refractivity contribution in [3.05, 3.63) is 110 Å². The van der Waals surface area contributed by atoms with Crippen LogP contribution in [0, 0.1) is 0 Å². The van der Waals surface area contributed by atoms with E-state index in [1.54, 1.807) is 41.8 Å². The summed E-state index contributed by atoms with van der Waals surface area (Å²) in [5, 5.41) is 12.4. The Bertz CT molecular complexity index is 1460. The zero-order valence-electron chi connectivity index (χ0n) is 20.0. The summed E-state index contributed by atoms with van der Waals surface area (Å²) in [5.41, 5.74) is 2.03. The van der Waals surface area contributed by atoms with Crippen LogP contribution in [0.25, 0.3) is 11.1 Å². The molecule has 0 fully saturated rings. The fourth-order valence-corrected chi connectivity index (χ4v) is 5.40. The molecule has 0 aliphatic heterocycles. The minimum Gasteiger partial charge on any atom is -0.480 e. The first-order valence-electron chi connectivity index (χ1n) is 11.5. The van der Waals surface area contributed by atoms with Crippen LogP contribution in [0.15, 0.2) is 84.2 Å². The fourth-order valence-electron chi connectivity index (χ4n) is 4.02. The average Bonchev–Trinajstić information content (AvgIpc) is 3.34. The molecule has 5 nitrogen and oxygen atoms in total. The second-order valence-corrected chi connectivity index (χ2v) is 10.3. The molecule has 0 aliphatic carbocycles. The van der Waals surface area contributed by atoms with E-state index < -0.39 is 24.3 Å². The molecule has 4 aromatic rings. The van der Waals surface area contributed by atoms with Crippen LogP contribution in [0.1, 0.15) is 20.8 Å². The molecule has 11 heteroatoms. The highest BCUT2D eigenvalue weighted by atomic mass is 35.5. The summed E-state index contributed by atoms with van der Waals surface area (Å²) in [6.45, 7) is -0.0879. The first-order valence-corrected chi connectivity index (χ1v) is 13.1. The van der Waals surface area contributed by atoms with Gasteiger partial charge in [-0.25, -0.2) is 4.79 Å². The van der Waals surface area contributed by atoms with Crippen molar-refractivity contribution in [1.29, 1.82) is 0 Å². The molecule has 1 atom stereocenters. The molecular formula is C28H20Cl2F3NO4S. The van der Waals surface area contributed by atoms with Gasteiger partial charge in [0.15, 0.2) is 0 Å². The maximum Gasteiger partial charge on any atom is 0.573 e. The summed E-state index contributed by atoms with van der Waals surface area (Å²) in [5.74, 6) is -2.18. The number of rotatable bonds is 9. The largest absolute Gasteiger partial charge is 0.573 e. The molecule has 39 heavy (non-hydrogen) atoms. The van der Waals surface area contributed by atoms with E-state index >= 15 is 0 Å². The van der Waals surface area contributed by atoms with Gasteiger partial charge in [0.25, 0.3) is 5.91 Å². The van der Waals surface area contributed by atoms with Gasteiger partial charge in [0.1, 0.15) is 11.8 Å². The summed E-state index contributed by atoms with van der Waals surface area (Å²) in [6, 6.07) is 19.1. The van der Waals surface area contributed by atoms with Crippen molar-refractivity contribution in [3.8, 4) is 16.9 Å². The number of ether oxygens (including phenoxy) is 1. The molecule has 1 amide bonds. The average molecular weight is 594 g/mol. The Morgan fingerprint density at radius 1 is 0.974 bits per heavy atom. The zero-order valence-corrected chi connectivity index (χ0v) is 22.3. The normalized spacial score (nSPS) is 12.1. The summed E-state index contributed by atoms with van der Waals surface area (Å²) in [4.78, 5) is 28.2. The van der Waals surface area contributed by atoms with E-state index in [-0.39, 0.29) is 29.3 Å². The Hall–Kier alpha value is -3.53. The van der Waals surface area contributed by atoms with Crippen LogP contribution >= 0.6 is 34.5 Å². The van der Waals surface area contributed by atoms with E-state index in [9.17, 15) is 27.9 Å². The Labute approximate surface area is 236 Å². The third-order valence-electron chi connectivity index (χ3n) is 5.81. The van der Waals surface area contributed by atoms with Crippen LogP contribution in [0.2, 0.25) is 10.0 Å². The predicted octanol–water partition coefficient (Wildman–Crippen LogP) is 7.96. The van der Waals surface area contributed by atoms with Crippen molar-refractivity contribution < 1.29 is 32.6 Å². The van der Waals surface area contributed by atoms with E-state index in [4.69, 9.17) is 23.2 Å². The van der Waals surface area contributed by atoms with Gasteiger partial charge < -0.3 is 14.7 Å². The Kier molecular flexibility index (Phi) is 8.84. The lowest BCUT2D eigenvalue weighted by molar-refractivity contribution is -0.274. The van der Waals surface area contributed by atoms with Crippen LogP contribution in [0.3, 0.4) is 0 Å². The van der Waals surface area contributed by atoms with E-state index in [0.717, 1.165) is 5.56 Å². The molecule has 0 saturated carbocycles. The fraction of sp³-hybridized carbons (Fsp3) is 0.143. The minimum absolute atomic E-state index is 0.0390. The number of alkyl halides is 3. The number of halogens is 5. The number of benzene rings is 3. The molecule has 0 bridgehead atoms. The lowest BCUT2D eigenvalue weighted by Crippen LogP contribution is -2.46. The monoisotopic (exact) mass is 593 g/mol. The van der Waals surface area contributed by atoms with E-state index in [2.05, 4.69) is 4.74 Å². The van der Waals surface area contributed by atoms with Gasteiger partial charge in [-0.05, 0) is 58.5 Å². The third-order valence-corrected chi connectivity index (χ3v) is 7.27. The van der Waals surface area contributed by atoms with E-state index in [0.29, 0.717) is 21.0 Å². The van der Waals surface area contributed by atoms with Gasteiger partial charge in [0, 0.05) is 16.3 Å². The highest BCUT2D eigenvalue weighted by Crippen LogP contribution is 2.33. The van der Waals surface area contributed by atoms with Crippen molar-refractivity contribution in [2.24, 2.45) is 0 Å². The predicted molar refractivity (Wildman–Crippen MR) is 144 cm³/mol. The third kappa shape index (κ3) is 7.32. The van der Waals surface area contributed by atoms with Gasteiger partial charge in [-0.15, -0.1) is 24.5 Å². The number of carbonyl (C=O) groups excluding carboxylic acids is 1. The number of hydrogen-bond donors (Lipinski definition) is 1. The minimum atomic E-state index is -4.82. The first-order chi connectivity index (χ1) is 18.5. The highest BCUT2D eigenvalue weighted by molar-refractivity contribution is 7.10. The maximum absolute atomic E-state index is 13.8. The molecule has 0 aliphatic rings. The topological polar surface area (TPSA) is 66.8 Å². The van der Waals surface area contributed by atoms with Crippen LogP contribution in [0.4, 0.5) is 13.2 Å². The second-order valence-electron chi connectivity index (χ2n) is 8.43. The second kappa shape index (κ2) is 12.1. The Morgan fingerprint density at radius 2 is 1.67 bits per heavy atom. The number of aliphatic carboxylic acids is 1. The molecule has 1 N–H and O–H groups in total. The van der Waals surface area contributed by atoms with E-state index in [1.165, 1.54) is 58.7 Å². The number of amides is 1. The molecule has 1 heterocycles. The summed E-state index contributed by atoms with van der Waals surface area (Å²) < 4.78 is 41.6. The molecule has 202 valence electrons. The van der Waals surface area contributed by atoms with Crippen molar-refractivity contribution in [1.82, 2.24) is 4.90 Å². The van der Waals surface area contributed by atoms with Crippen LogP contribution in [-0.2, 0) is 17.8 Å². The van der Waals surface area contributed by atoms with Crippen molar-refractivity contribution >= 4 is 46.4 Å².